The first-order valence-electron chi connectivity index (χ1n) is 3.33. The van der Waals surface area contributed by atoms with Crippen LogP contribution in [0.2, 0.25) is 0 Å². The van der Waals surface area contributed by atoms with E-state index >= 15 is 0 Å². The summed E-state index contributed by atoms with van der Waals surface area (Å²) in [5.74, 6) is 0. The second-order valence-electron chi connectivity index (χ2n) is 2.16. The van der Waals surface area contributed by atoms with Crippen molar-refractivity contribution in [1.82, 2.24) is 4.98 Å². The van der Waals surface area contributed by atoms with Crippen LogP contribution in [-0.2, 0) is 6.54 Å². The smallest absolute Gasteiger partial charge is 0.143 e. The molecule has 0 amide bonds. The topological polar surface area (TPSA) is 85.4 Å². The fourth-order valence-electron chi connectivity index (χ4n) is 0.810. The number of hydrogen-bond donors (Lipinski definition) is 0. The van der Waals surface area contributed by atoms with Gasteiger partial charge in [-0.05, 0) is 33.1 Å². The highest BCUT2D eigenvalue weighted by Gasteiger charge is 2.02. The van der Waals surface area contributed by atoms with Gasteiger partial charge in [-0.3, -0.25) is 0 Å². The van der Waals surface area contributed by atoms with Crippen molar-refractivity contribution in [3.05, 3.63) is 38.4 Å². The summed E-state index contributed by atoms with van der Waals surface area (Å²) >= 11 is 3.21. The van der Waals surface area contributed by atoms with Gasteiger partial charge in [0, 0.05) is 15.6 Å². The summed E-state index contributed by atoms with van der Waals surface area (Å²) in [7, 11) is 0. The predicted molar refractivity (Wildman–Crippen MR) is 49.5 cm³/mol. The minimum atomic E-state index is 0.145. The van der Waals surface area contributed by atoms with Gasteiger partial charge in [0.05, 0.1) is 6.54 Å². The fourth-order valence-corrected chi connectivity index (χ4v) is 1.19. The number of nitriles is 1. The summed E-state index contributed by atoms with van der Waals surface area (Å²) in [5.41, 5.74) is 9.01. The zero-order valence-corrected chi connectivity index (χ0v) is 8.06. The number of rotatable bonds is 2. The van der Waals surface area contributed by atoms with E-state index in [1.165, 1.54) is 6.20 Å². The van der Waals surface area contributed by atoms with Crippen molar-refractivity contribution in [1.29, 1.82) is 5.26 Å². The summed E-state index contributed by atoms with van der Waals surface area (Å²) in [5, 5.41) is 12.0. The average Bonchev–Trinajstić information content (AvgIpc) is 2.15. The maximum Gasteiger partial charge on any atom is 0.143 e. The van der Waals surface area contributed by atoms with Crippen molar-refractivity contribution >= 4 is 15.9 Å². The lowest BCUT2D eigenvalue weighted by Crippen LogP contribution is -1.91. The number of nitrogens with zero attached hydrogens (tertiary/aromatic N) is 5. The van der Waals surface area contributed by atoms with Gasteiger partial charge in [-0.15, -0.1) is 0 Å². The van der Waals surface area contributed by atoms with Crippen LogP contribution >= 0.6 is 15.9 Å². The first-order valence-corrected chi connectivity index (χ1v) is 4.12. The molecule has 0 bridgehead atoms. The lowest BCUT2D eigenvalue weighted by atomic mass is 10.2. The van der Waals surface area contributed by atoms with Gasteiger partial charge in [0.25, 0.3) is 0 Å². The first kappa shape index (κ1) is 9.52. The van der Waals surface area contributed by atoms with Crippen LogP contribution in [0.5, 0.6) is 0 Å². The maximum atomic E-state index is 8.65. The Kier molecular flexibility index (Phi) is 3.26. The lowest BCUT2D eigenvalue weighted by Gasteiger charge is -1.98. The zero-order chi connectivity index (χ0) is 9.68. The van der Waals surface area contributed by atoms with E-state index in [2.05, 4.69) is 30.9 Å². The molecule has 0 unspecified atom stereocenters. The van der Waals surface area contributed by atoms with E-state index < -0.39 is 0 Å². The molecule has 6 heteroatoms. The van der Waals surface area contributed by atoms with E-state index in [1.807, 2.05) is 6.07 Å². The molecule has 64 valence electrons. The molecule has 0 spiro atoms. The Labute approximate surface area is 82.8 Å². The van der Waals surface area contributed by atoms with Crippen LogP contribution in [0, 0.1) is 11.3 Å². The third-order valence-electron chi connectivity index (χ3n) is 1.34. The highest BCUT2D eigenvalue weighted by atomic mass is 79.9. The summed E-state index contributed by atoms with van der Waals surface area (Å²) < 4.78 is 0.759. The van der Waals surface area contributed by atoms with Crippen molar-refractivity contribution in [2.24, 2.45) is 5.11 Å². The number of pyridine rings is 1. The fraction of sp³-hybridized carbons (Fsp3) is 0.143. The molecule has 0 aromatic carbocycles. The van der Waals surface area contributed by atoms with E-state index in [4.69, 9.17) is 10.8 Å². The summed E-state index contributed by atoms with van der Waals surface area (Å²) in [4.78, 5) is 6.47. The van der Waals surface area contributed by atoms with Gasteiger partial charge in [-0.25, -0.2) is 4.98 Å². The number of aromatic nitrogens is 1. The molecule has 0 aliphatic rings. The van der Waals surface area contributed by atoms with Crippen molar-refractivity contribution < 1.29 is 0 Å². The minimum absolute atomic E-state index is 0.145. The van der Waals surface area contributed by atoms with Gasteiger partial charge >= 0.3 is 0 Å². The van der Waals surface area contributed by atoms with Gasteiger partial charge in [0.15, 0.2) is 0 Å². The van der Waals surface area contributed by atoms with Crippen molar-refractivity contribution in [3.8, 4) is 6.07 Å². The van der Waals surface area contributed by atoms with Crippen LogP contribution in [0.3, 0.4) is 0 Å². The largest absolute Gasteiger partial charge is 0.244 e. The normalized spacial score (nSPS) is 8.62. The van der Waals surface area contributed by atoms with E-state index in [9.17, 15) is 0 Å². The highest BCUT2D eigenvalue weighted by molar-refractivity contribution is 9.10. The molecular weight excluding hydrogens is 234 g/mol. The third-order valence-corrected chi connectivity index (χ3v) is 1.78. The van der Waals surface area contributed by atoms with Crippen molar-refractivity contribution in [2.45, 2.75) is 6.54 Å². The van der Waals surface area contributed by atoms with Gasteiger partial charge < -0.3 is 0 Å². The molecule has 0 saturated heterocycles. The number of azide groups is 1. The van der Waals surface area contributed by atoms with E-state index in [0.29, 0.717) is 5.56 Å². The van der Waals surface area contributed by atoms with E-state index in [1.54, 1.807) is 6.07 Å². The number of hydrogen-bond acceptors (Lipinski definition) is 3. The Hall–Kier alpha value is -1.57. The second kappa shape index (κ2) is 4.45. The monoisotopic (exact) mass is 237 g/mol. The zero-order valence-electron chi connectivity index (χ0n) is 6.48. The quantitative estimate of drug-likeness (QED) is 0.450. The van der Waals surface area contributed by atoms with Gasteiger partial charge in [0.2, 0.25) is 0 Å². The number of halogens is 1. The Bertz CT molecular complexity index is 402. The predicted octanol–water partition coefficient (Wildman–Crippen LogP) is 2.53. The molecule has 0 aliphatic carbocycles. The molecule has 0 N–H and O–H groups in total. The summed E-state index contributed by atoms with van der Waals surface area (Å²) in [6.07, 6.45) is 1.53. The lowest BCUT2D eigenvalue weighted by molar-refractivity contribution is 1.01. The molecule has 0 fully saturated rings. The van der Waals surface area contributed by atoms with Gasteiger partial charge in [-0.1, -0.05) is 5.11 Å². The first-order chi connectivity index (χ1) is 6.27. The Morgan fingerprint density at radius 3 is 3.15 bits per heavy atom. The Morgan fingerprint density at radius 1 is 1.77 bits per heavy atom. The van der Waals surface area contributed by atoms with Gasteiger partial charge in [0.1, 0.15) is 11.8 Å². The third kappa shape index (κ3) is 2.44. The second-order valence-corrected chi connectivity index (χ2v) is 3.08. The van der Waals surface area contributed by atoms with E-state index in [0.717, 1.165) is 4.47 Å². The molecule has 1 heterocycles. The van der Waals surface area contributed by atoms with E-state index in [-0.39, 0.29) is 12.2 Å². The molecule has 0 saturated carbocycles. The van der Waals surface area contributed by atoms with Crippen LogP contribution in [0.25, 0.3) is 10.4 Å². The summed E-state index contributed by atoms with van der Waals surface area (Å²) in [6.45, 7) is 0.145. The van der Waals surface area contributed by atoms with Crippen molar-refractivity contribution in [3.63, 3.8) is 0 Å². The molecular formula is C7H4BrN5. The highest BCUT2D eigenvalue weighted by Crippen LogP contribution is 2.14. The molecule has 0 aliphatic heterocycles. The van der Waals surface area contributed by atoms with Crippen LogP contribution in [0.1, 0.15) is 11.3 Å². The molecule has 1 aromatic rings. The van der Waals surface area contributed by atoms with Gasteiger partial charge in [-0.2, -0.15) is 5.26 Å². The van der Waals surface area contributed by atoms with Crippen LogP contribution < -0.4 is 0 Å². The SMILES string of the molecule is N#Cc1ncc(Br)cc1CN=[N+]=[N-]. The molecule has 1 rings (SSSR count). The Balaban J connectivity index is 3.09. The van der Waals surface area contributed by atoms with Crippen molar-refractivity contribution in [2.75, 3.05) is 0 Å². The average molecular weight is 238 g/mol. The minimum Gasteiger partial charge on any atom is -0.244 e. The standard InChI is InChI=1S/C7H4BrN5/c8-6-1-5(3-12-13-10)7(2-9)11-4-6/h1,4H,3H2. The maximum absolute atomic E-state index is 8.65. The van der Waals surface area contributed by atoms with Crippen LogP contribution in [-0.4, -0.2) is 4.98 Å². The molecule has 1 aromatic heterocycles. The summed E-state index contributed by atoms with van der Waals surface area (Å²) in [6, 6.07) is 3.63. The van der Waals surface area contributed by atoms with Crippen LogP contribution in [0.4, 0.5) is 0 Å². The molecule has 0 atom stereocenters. The molecule has 0 radical (unpaired) electrons. The Morgan fingerprint density at radius 2 is 2.54 bits per heavy atom. The molecule has 13 heavy (non-hydrogen) atoms. The van der Waals surface area contributed by atoms with Crippen LogP contribution in [0.15, 0.2) is 21.9 Å². The molecule has 5 nitrogen and oxygen atoms in total.